The summed E-state index contributed by atoms with van der Waals surface area (Å²) in [6.45, 7) is 9.54. The average molecular weight is 474 g/mol. The fourth-order valence-corrected chi connectivity index (χ4v) is 3.41. The summed E-state index contributed by atoms with van der Waals surface area (Å²) in [5, 5.41) is 3.27. The smallest absolute Gasteiger partial charge is 0.363 e. The molecule has 2 aromatic heterocycles. The van der Waals surface area contributed by atoms with Gasteiger partial charge in [-0.25, -0.2) is 4.98 Å². The lowest BCUT2D eigenvalue weighted by atomic mass is 10.2. The van der Waals surface area contributed by atoms with Crippen molar-refractivity contribution >= 4 is 23.4 Å². The van der Waals surface area contributed by atoms with Crippen molar-refractivity contribution in [3.8, 4) is 0 Å². The first kappa shape index (κ1) is 25.1. The molecule has 1 fully saturated rings. The van der Waals surface area contributed by atoms with Gasteiger partial charge in [-0.2, -0.15) is 23.1 Å². The lowest BCUT2D eigenvalue weighted by Crippen LogP contribution is -2.48. The summed E-state index contributed by atoms with van der Waals surface area (Å²) >= 11 is 0. The molecule has 10 heteroatoms. The molecule has 3 heterocycles. The van der Waals surface area contributed by atoms with E-state index in [1.54, 1.807) is 11.0 Å². The van der Waals surface area contributed by atoms with Gasteiger partial charge in [-0.05, 0) is 38.1 Å². The van der Waals surface area contributed by atoms with Gasteiger partial charge in [0.05, 0.1) is 5.56 Å². The lowest BCUT2D eigenvalue weighted by Gasteiger charge is -2.36. The van der Waals surface area contributed by atoms with Crippen LogP contribution in [0, 0.1) is 0 Å². The quantitative estimate of drug-likeness (QED) is 0.584. The number of anilines is 4. The largest absolute Gasteiger partial charge is 0.419 e. The number of halogens is 3. The topological polar surface area (TPSA) is 60.4 Å². The molecule has 0 radical (unpaired) electrons. The standard InChI is InChI=1S/C24H30F3N7/c1-6-18(10-9-17(2)3)29-20-16-21(32(4)5)31-23(30-20)34-14-12-33(13-15-34)22-19(24(25,26)27)8-7-11-28-22/h6-11,16H,1,12-15H2,2-5H3,(H,29,30,31)/b18-10+. The van der Waals surface area contributed by atoms with Crippen LogP contribution in [0.5, 0.6) is 0 Å². The number of rotatable bonds is 7. The Bertz CT molecular complexity index is 1060. The second-order valence-electron chi connectivity index (χ2n) is 8.35. The van der Waals surface area contributed by atoms with Crippen LogP contribution in [0.4, 0.5) is 36.6 Å². The fourth-order valence-electron chi connectivity index (χ4n) is 3.41. The first-order valence-electron chi connectivity index (χ1n) is 10.9. The van der Waals surface area contributed by atoms with E-state index < -0.39 is 11.7 Å². The van der Waals surface area contributed by atoms with Crippen molar-refractivity contribution in [3.05, 3.63) is 66.0 Å². The Labute approximate surface area is 198 Å². The highest BCUT2D eigenvalue weighted by Crippen LogP contribution is 2.35. The van der Waals surface area contributed by atoms with E-state index in [2.05, 4.69) is 26.8 Å². The molecule has 1 N–H and O–H groups in total. The van der Waals surface area contributed by atoms with Crippen LogP contribution in [0.2, 0.25) is 0 Å². The number of aromatic nitrogens is 3. The zero-order valence-electron chi connectivity index (χ0n) is 19.9. The van der Waals surface area contributed by atoms with Crippen molar-refractivity contribution in [2.24, 2.45) is 0 Å². The summed E-state index contributed by atoms with van der Waals surface area (Å²) in [4.78, 5) is 18.8. The van der Waals surface area contributed by atoms with Gasteiger partial charge in [-0.3, -0.25) is 0 Å². The van der Waals surface area contributed by atoms with E-state index in [1.165, 1.54) is 12.3 Å². The first-order chi connectivity index (χ1) is 16.1. The Balaban J connectivity index is 1.82. The van der Waals surface area contributed by atoms with Crippen molar-refractivity contribution in [2.45, 2.75) is 20.0 Å². The maximum atomic E-state index is 13.4. The molecule has 0 saturated carbocycles. The number of nitrogens with zero attached hydrogens (tertiary/aromatic N) is 6. The van der Waals surface area contributed by atoms with Crippen molar-refractivity contribution < 1.29 is 13.2 Å². The second kappa shape index (κ2) is 10.6. The third kappa shape index (κ3) is 6.27. The Hall–Kier alpha value is -3.56. The van der Waals surface area contributed by atoms with Gasteiger partial charge in [-0.15, -0.1) is 0 Å². The highest BCUT2D eigenvalue weighted by atomic mass is 19.4. The SMILES string of the molecule is C=C/C(=C\C=C(C)C)Nc1cc(N(C)C)nc(N2CCN(c3ncccc3C(F)(F)F)CC2)n1. The molecule has 0 aromatic carbocycles. The minimum atomic E-state index is -4.45. The molecule has 0 amide bonds. The molecule has 0 unspecified atom stereocenters. The molecule has 0 bridgehead atoms. The molecule has 182 valence electrons. The van der Waals surface area contributed by atoms with Gasteiger partial charge >= 0.3 is 6.18 Å². The average Bonchev–Trinajstić information content (AvgIpc) is 2.81. The first-order valence-corrected chi connectivity index (χ1v) is 10.9. The number of alkyl halides is 3. The van der Waals surface area contributed by atoms with Crippen LogP contribution in [0.1, 0.15) is 19.4 Å². The van der Waals surface area contributed by atoms with Crippen molar-refractivity contribution in [1.82, 2.24) is 15.0 Å². The third-order valence-corrected chi connectivity index (χ3v) is 5.20. The molecule has 7 nitrogen and oxygen atoms in total. The molecule has 34 heavy (non-hydrogen) atoms. The zero-order valence-corrected chi connectivity index (χ0v) is 19.9. The zero-order chi connectivity index (χ0) is 24.9. The molecule has 2 aromatic rings. The van der Waals surface area contributed by atoms with Crippen LogP contribution in [0.3, 0.4) is 0 Å². The number of nitrogens with one attached hydrogen (secondary N) is 1. The van der Waals surface area contributed by atoms with Crippen LogP contribution in [-0.4, -0.2) is 55.2 Å². The normalized spacial score (nSPS) is 14.6. The van der Waals surface area contributed by atoms with Crippen LogP contribution in [0.25, 0.3) is 0 Å². The lowest BCUT2D eigenvalue weighted by molar-refractivity contribution is -0.137. The highest BCUT2D eigenvalue weighted by molar-refractivity contribution is 5.58. The maximum Gasteiger partial charge on any atom is 0.419 e. The van der Waals surface area contributed by atoms with Gasteiger partial charge in [0.15, 0.2) is 0 Å². The number of allylic oxidation sites excluding steroid dienone is 4. The number of piperazine rings is 1. The van der Waals surface area contributed by atoms with Gasteiger partial charge in [0.25, 0.3) is 0 Å². The van der Waals surface area contributed by atoms with Crippen molar-refractivity contribution in [1.29, 1.82) is 0 Å². The summed E-state index contributed by atoms with van der Waals surface area (Å²) in [6.07, 6.45) is 2.54. The number of hydrogen-bond donors (Lipinski definition) is 1. The van der Waals surface area contributed by atoms with E-state index in [9.17, 15) is 13.2 Å². The molecule has 1 aliphatic rings. The van der Waals surface area contributed by atoms with Gasteiger partial charge < -0.3 is 20.0 Å². The van der Waals surface area contributed by atoms with E-state index >= 15 is 0 Å². The molecule has 0 atom stereocenters. The van der Waals surface area contributed by atoms with Gasteiger partial charge in [0.2, 0.25) is 5.95 Å². The second-order valence-corrected chi connectivity index (χ2v) is 8.35. The Morgan fingerprint density at radius 3 is 2.35 bits per heavy atom. The molecular weight excluding hydrogens is 443 g/mol. The molecule has 0 aliphatic carbocycles. The van der Waals surface area contributed by atoms with Crippen LogP contribution in [0.15, 0.2) is 60.5 Å². The van der Waals surface area contributed by atoms with Crippen LogP contribution >= 0.6 is 0 Å². The predicted octanol–water partition coefficient (Wildman–Crippen LogP) is 4.73. The minimum absolute atomic E-state index is 0.0417. The van der Waals surface area contributed by atoms with E-state index in [1.807, 2.05) is 56.0 Å². The van der Waals surface area contributed by atoms with E-state index in [4.69, 9.17) is 0 Å². The molecule has 0 spiro atoms. The summed E-state index contributed by atoms with van der Waals surface area (Å²) < 4.78 is 40.3. The third-order valence-electron chi connectivity index (χ3n) is 5.20. The highest BCUT2D eigenvalue weighted by Gasteiger charge is 2.36. The van der Waals surface area contributed by atoms with Gasteiger partial charge in [0, 0.05) is 58.2 Å². The Kier molecular flexibility index (Phi) is 7.80. The molecule has 1 aliphatic heterocycles. The van der Waals surface area contributed by atoms with Gasteiger partial charge in [0.1, 0.15) is 17.5 Å². The van der Waals surface area contributed by atoms with E-state index in [0.29, 0.717) is 43.8 Å². The Morgan fingerprint density at radius 2 is 1.76 bits per heavy atom. The molecule has 3 rings (SSSR count). The van der Waals surface area contributed by atoms with Crippen LogP contribution in [-0.2, 0) is 6.18 Å². The van der Waals surface area contributed by atoms with Gasteiger partial charge in [-0.1, -0.05) is 18.2 Å². The molecular formula is C24H30F3N7. The Morgan fingerprint density at radius 1 is 1.09 bits per heavy atom. The fraction of sp³-hybridized carbons (Fsp3) is 0.375. The maximum absolute atomic E-state index is 13.4. The van der Waals surface area contributed by atoms with E-state index in [0.717, 1.165) is 17.3 Å². The number of pyridine rings is 1. The predicted molar refractivity (Wildman–Crippen MR) is 131 cm³/mol. The van der Waals surface area contributed by atoms with Crippen LogP contribution < -0.4 is 20.0 Å². The number of hydrogen-bond acceptors (Lipinski definition) is 7. The monoisotopic (exact) mass is 473 g/mol. The van der Waals surface area contributed by atoms with Crippen molar-refractivity contribution in [3.63, 3.8) is 0 Å². The van der Waals surface area contributed by atoms with E-state index in [-0.39, 0.29) is 5.82 Å². The van der Waals surface area contributed by atoms with Crippen molar-refractivity contribution in [2.75, 3.05) is 60.3 Å². The summed E-state index contributed by atoms with van der Waals surface area (Å²) in [5.74, 6) is 1.79. The molecule has 1 saturated heterocycles. The minimum Gasteiger partial charge on any atom is -0.363 e. The summed E-state index contributed by atoms with van der Waals surface area (Å²) in [7, 11) is 3.78. The summed E-state index contributed by atoms with van der Waals surface area (Å²) in [5.41, 5.74) is 1.22. The summed E-state index contributed by atoms with van der Waals surface area (Å²) in [6, 6.07) is 4.21.